The summed E-state index contributed by atoms with van der Waals surface area (Å²) in [5.41, 5.74) is 3.06. The summed E-state index contributed by atoms with van der Waals surface area (Å²) in [4.78, 5) is 6.79. The summed E-state index contributed by atoms with van der Waals surface area (Å²) in [5.74, 6) is 1.55. The van der Waals surface area contributed by atoms with E-state index in [1.54, 1.807) is 0 Å². The first-order valence-corrected chi connectivity index (χ1v) is 7.86. The lowest BCUT2D eigenvalue weighted by Crippen LogP contribution is -2.15. The smallest absolute Gasteiger partial charge is 0.231 e. The Hall–Kier alpha value is -2.04. The van der Waals surface area contributed by atoms with Crippen LogP contribution in [0.2, 0.25) is 5.02 Å². The average Bonchev–Trinajstić information content (AvgIpc) is 2.99. The molecule has 1 heterocycles. The first-order valence-electron chi connectivity index (χ1n) is 7.49. The first kappa shape index (κ1) is 15.8. The number of hydrogen-bond acceptors (Lipinski definition) is 4. The van der Waals surface area contributed by atoms with Gasteiger partial charge in [-0.15, -0.1) is 0 Å². The van der Waals surface area contributed by atoms with Crippen molar-refractivity contribution in [3.8, 4) is 11.5 Å². The first-order chi connectivity index (χ1) is 11.1. The van der Waals surface area contributed by atoms with Crippen molar-refractivity contribution in [1.29, 1.82) is 0 Å². The van der Waals surface area contributed by atoms with Gasteiger partial charge in [-0.1, -0.05) is 23.7 Å². The molecular formula is C18H19ClN2O2. The third kappa shape index (κ3) is 4.03. The highest BCUT2D eigenvalue weighted by molar-refractivity contribution is 6.30. The number of rotatable bonds is 5. The molecule has 0 saturated carbocycles. The molecule has 0 amide bonds. The third-order valence-corrected chi connectivity index (χ3v) is 3.88. The van der Waals surface area contributed by atoms with Gasteiger partial charge in [-0.3, -0.25) is 4.99 Å². The average molecular weight is 331 g/mol. The molecule has 3 rings (SSSR count). The summed E-state index contributed by atoms with van der Waals surface area (Å²) in [6.45, 7) is 1.22. The minimum absolute atomic E-state index is 0.271. The molecule has 2 aromatic rings. The molecule has 5 heteroatoms. The van der Waals surface area contributed by atoms with E-state index >= 15 is 0 Å². The number of halogens is 1. The lowest BCUT2D eigenvalue weighted by molar-refractivity contribution is 0.174. The van der Waals surface area contributed by atoms with Crippen molar-refractivity contribution in [3.63, 3.8) is 0 Å². The zero-order valence-corrected chi connectivity index (χ0v) is 14.0. The van der Waals surface area contributed by atoms with Crippen LogP contribution < -0.4 is 9.47 Å². The van der Waals surface area contributed by atoms with Crippen LogP contribution >= 0.6 is 11.6 Å². The number of likely N-dealkylation sites (N-methyl/N-ethyl adjacent to an activating group) is 1. The molecule has 2 aromatic carbocycles. The van der Waals surface area contributed by atoms with Crippen LogP contribution in [0.25, 0.3) is 0 Å². The minimum atomic E-state index is 0.271. The predicted molar refractivity (Wildman–Crippen MR) is 93.5 cm³/mol. The molecule has 4 nitrogen and oxygen atoms in total. The molecule has 0 fully saturated rings. The summed E-state index contributed by atoms with van der Waals surface area (Å²) >= 11 is 5.91. The Morgan fingerprint density at radius 2 is 1.83 bits per heavy atom. The number of ether oxygens (including phenoxy) is 2. The lowest BCUT2D eigenvalue weighted by atomic mass is 10.1. The van der Waals surface area contributed by atoms with Crippen LogP contribution in [0.3, 0.4) is 0 Å². The van der Waals surface area contributed by atoms with Crippen molar-refractivity contribution in [2.24, 2.45) is 4.99 Å². The quantitative estimate of drug-likeness (QED) is 0.779. The van der Waals surface area contributed by atoms with E-state index in [-0.39, 0.29) is 6.79 Å². The minimum Gasteiger partial charge on any atom is -0.454 e. The van der Waals surface area contributed by atoms with Crippen LogP contribution in [0.5, 0.6) is 11.5 Å². The van der Waals surface area contributed by atoms with Crippen molar-refractivity contribution in [3.05, 3.63) is 52.5 Å². The number of fused-ring (bicyclic) bond motifs is 1. The second kappa shape index (κ2) is 7.02. The molecule has 0 atom stereocenters. The molecule has 0 bridgehead atoms. The Bertz CT molecular complexity index is 712. The van der Waals surface area contributed by atoms with Crippen molar-refractivity contribution in [2.75, 3.05) is 27.4 Å². The maximum absolute atomic E-state index is 5.91. The van der Waals surface area contributed by atoms with Crippen molar-refractivity contribution in [1.82, 2.24) is 4.90 Å². The van der Waals surface area contributed by atoms with E-state index in [0.29, 0.717) is 0 Å². The van der Waals surface area contributed by atoms with E-state index in [9.17, 15) is 0 Å². The molecule has 120 valence electrons. The van der Waals surface area contributed by atoms with Crippen molar-refractivity contribution < 1.29 is 9.47 Å². The maximum Gasteiger partial charge on any atom is 0.231 e. The predicted octanol–water partition coefficient (Wildman–Crippen LogP) is 3.92. The zero-order valence-electron chi connectivity index (χ0n) is 13.3. The molecule has 0 radical (unpaired) electrons. The van der Waals surface area contributed by atoms with Crippen LogP contribution in [0, 0.1) is 0 Å². The number of aliphatic imine (C=N–C) groups is 1. The van der Waals surface area contributed by atoms with E-state index < -0.39 is 0 Å². The van der Waals surface area contributed by atoms with Gasteiger partial charge in [-0.25, -0.2) is 0 Å². The fraction of sp³-hybridized carbons (Fsp3) is 0.278. The summed E-state index contributed by atoms with van der Waals surface area (Å²) in [6.07, 6.45) is 2.74. The third-order valence-electron chi connectivity index (χ3n) is 3.62. The number of hydrogen-bond donors (Lipinski definition) is 0. The van der Waals surface area contributed by atoms with Crippen LogP contribution in [-0.2, 0) is 6.42 Å². The highest BCUT2D eigenvalue weighted by Crippen LogP contribution is 2.38. The monoisotopic (exact) mass is 330 g/mol. The zero-order chi connectivity index (χ0) is 16.2. The molecule has 0 aromatic heterocycles. The van der Waals surface area contributed by atoms with Crippen molar-refractivity contribution >= 4 is 23.5 Å². The Labute approximate surface area is 141 Å². The SMILES string of the molecule is CN(C)CCc1cc2c(cc1N=Cc1ccc(Cl)cc1)OCO2. The van der Waals surface area contributed by atoms with Gasteiger partial charge in [0.25, 0.3) is 0 Å². The molecule has 0 unspecified atom stereocenters. The number of nitrogens with zero attached hydrogens (tertiary/aromatic N) is 2. The molecule has 0 spiro atoms. The highest BCUT2D eigenvalue weighted by atomic mass is 35.5. The Morgan fingerprint density at radius 1 is 1.13 bits per heavy atom. The van der Waals surface area contributed by atoms with E-state index in [2.05, 4.69) is 24.0 Å². The number of benzene rings is 2. The molecule has 0 N–H and O–H groups in total. The van der Waals surface area contributed by atoms with Gasteiger partial charge in [0, 0.05) is 23.8 Å². The second-order valence-corrected chi connectivity index (χ2v) is 6.13. The van der Waals surface area contributed by atoms with E-state index in [1.165, 1.54) is 0 Å². The van der Waals surface area contributed by atoms with Gasteiger partial charge in [0.05, 0.1) is 5.69 Å². The highest BCUT2D eigenvalue weighted by Gasteiger charge is 2.17. The molecule has 1 aliphatic heterocycles. The largest absolute Gasteiger partial charge is 0.454 e. The lowest BCUT2D eigenvalue weighted by Gasteiger charge is -2.12. The van der Waals surface area contributed by atoms with Gasteiger partial charge < -0.3 is 14.4 Å². The summed E-state index contributed by atoms with van der Waals surface area (Å²) in [6, 6.07) is 11.6. The van der Waals surface area contributed by atoms with Gasteiger partial charge in [0.15, 0.2) is 11.5 Å². The van der Waals surface area contributed by atoms with Crippen LogP contribution in [-0.4, -0.2) is 38.5 Å². The fourth-order valence-electron chi connectivity index (χ4n) is 2.33. The van der Waals surface area contributed by atoms with Gasteiger partial charge >= 0.3 is 0 Å². The Balaban J connectivity index is 1.88. The summed E-state index contributed by atoms with van der Waals surface area (Å²) < 4.78 is 10.9. The maximum atomic E-state index is 5.91. The van der Waals surface area contributed by atoms with E-state index in [1.807, 2.05) is 42.6 Å². The normalized spacial score (nSPS) is 13.2. The Morgan fingerprint density at radius 3 is 2.52 bits per heavy atom. The van der Waals surface area contributed by atoms with Crippen LogP contribution in [0.4, 0.5) is 5.69 Å². The van der Waals surface area contributed by atoms with E-state index in [4.69, 9.17) is 21.1 Å². The van der Waals surface area contributed by atoms with Gasteiger partial charge in [-0.05, 0) is 49.8 Å². The van der Waals surface area contributed by atoms with Gasteiger partial charge in [-0.2, -0.15) is 0 Å². The van der Waals surface area contributed by atoms with E-state index in [0.717, 1.165) is 46.3 Å². The molecular weight excluding hydrogens is 312 g/mol. The summed E-state index contributed by atoms with van der Waals surface area (Å²) in [5, 5.41) is 0.719. The molecule has 0 aliphatic carbocycles. The molecule has 0 saturated heterocycles. The van der Waals surface area contributed by atoms with Gasteiger partial charge in [0.2, 0.25) is 6.79 Å². The standard InChI is InChI=1S/C18H19ClN2O2/c1-21(2)8-7-14-9-17-18(23-12-22-17)10-16(14)20-11-13-3-5-15(19)6-4-13/h3-6,9-11H,7-8,12H2,1-2H3. The molecule has 23 heavy (non-hydrogen) atoms. The molecule has 1 aliphatic rings. The fourth-order valence-corrected chi connectivity index (χ4v) is 2.46. The van der Waals surface area contributed by atoms with Gasteiger partial charge in [0.1, 0.15) is 0 Å². The van der Waals surface area contributed by atoms with Crippen LogP contribution in [0.15, 0.2) is 41.4 Å². The Kier molecular flexibility index (Phi) is 4.84. The summed E-state index contributed by atoms with van der Waals surface area (Å²) in [7, 11) is 4.12. The topological polar surface area (TPSA) is 34.1 Å². The van der Waals surface area contributed by atoms with Crippen LogP contribution in [0.1, 0.15) is 11.1 Å². The second-order valence-electron chi connectivity index (χ2n) is 5.70. The van der Waals surface area contributed by atoms with Crippen molar-refractivity contribution in [2.45, 2.75) is 6.42 Å².